The Balaban J connectivity index is 1.43. The van der Waals surface area contributed by atoms with Crippen LogP contribution in [0.15, 0.2) is 48.9 Å². The molecular weight excluding hydrogens is 318 g/mol. The molecule has 0 bridgehead atoms. The Kier molecular flexibility index (Phi) is 3.89. The van der Waals surface area contributed by atoms with Crippen LogP contribution in [0, 0.1) is 0 Å². The summed E-state index contributed by atoms with van der Waals surface area (Å²) in [6, 6.07) is 9.67. The summed E-state index contributed by atoms with van der Waals surface area (Å²) in [5, 5.41) is 1.02. The third-order valence-corrected chi connectivity index (χ3v) is 4.40. The highest BCUT2D eigenvalue weighted by Crippen LogP contribution is 2.17. The second kappa shape index (κ2) is 6.35. The summed E-state index contributed by atoms with van der Waals surface area (Å²) in [6.07, 6.45) is 4.50. The molecule has 126 valence electrons. The normalized spacial score (nSPS) is 14.7. The zero-order valence-electron chi connectivity index (χ0n) is 13.6. The second-order valence-electron chi connectivity index (χ2n) is 5.95. The van der Waals surface area contributed by atoms with Gasteiger partial charge in [-0.15, -0.1) is 0 Å². The Labute approximate surface area is 144 Å². The van der Waals surface area contributed by atoms with Crippen LogP contribution in [0.4, 0.5) is 0 Å². The summed E-state index contributed by atoms with van der Waals surface area (Å²) in [6.45, 7) is 1.98. The van der Waals surface area contributed by atoms with Crippen molar-refractivity contribution >= 4 is 22.7 Å². The maximum Gasteiger partial charge on any atom is 0.274 e. The Bertz CT molecular complexity index is 880. The number of para-hydroxylation sites is 1. The zero-order chi connectivity index (χ0) is 17.2. The molecule has 7 heteroatoms. The zero-order valence-corrected chi connectivity index (χ0v) is 13.6. The first-order valence-corrected chi connectivity index (χ1v) is 8.15. The molecule has 1 saturated heterocycles. The average Bonchev–Trinajstić information content (AvgIpc) is 3.12. The van der Waals surface area contributed by atoms with E-state index in [1.54, 1.807) is 9.80 Å². The van der Waals surface area contributed by atoms with Crippen molar-refractivity contribution in [1.82, 2.24) is 24.8 Å². The Morgan fingerprint density at radius 2 is 1.68 bits per heavy atom. The van der Waals surface area contributed by atoms with Crippen LogP contribution in [-0.4, -0.2) is 62.7 Å². The SMILES string of the molecule is O=C(c1cnccn1)N1CCN(C(=O)c2cc3ccccc3[nH]2)CC1. The molecule has 2 aromatic heterocycles. The molecule has 0 radical (unpaired) electrons. The van der Waals surface area contributed by atoms with E-state index >= 15 is 0 Å². The Morgan fingerprint density at radius 1 is 0.960 bits per heavy atom. The van der Waals surface area contributed by atoms with Crippen molar-refractivity contribution in [1.29, 1.82) is 0 Å². The first-order chi connectivity index (χ1) is 12.2. The van der Waals surface area contributed by atoms with Gasteiger partial charge in [0.05, 0.1) is 6.20 Å². The molecule has 1 N–H and O–H groups in total. The van der Waals surface area contributed by atoms with E-state index in [2.05, 4.69) is 15.0 Å². The van der Waals surface area contributed by atoms with Crippen LogP contribution in [0.25, 0.3) is 10.9 Å². The average molecular weight is 335 g/mol. The number of aromatic nitrogens is 3. The molecule has 1 aliphatic rings. The van der Waals surface area contributed by atoms with Gasteiger partial charge < -0.3 is 14.8 Å². The van der Waals surface area contributed by atoms with Gasteiger partial charge in [-0.2, -0.15) is 0 Å². The number of amides is 2. The summed E-state index contributed by atoms with van der Waals surface area (Å²) in [4.78, 5) is 39.7. The van der Waals surface area contributed by atoms with Crippen LogP contribution >= 0.6 is 0 Å². The summed E-state index contributed by atoms with van der Waals surface area (Å²) < 4.78 is 0. The summed E-state index contributed by atoms with van der Waals surface area (Å²) in [7, 11) is 0. The van der Waals surface area contributed by atoms with E-state index in [-0.39, 0.29) is 11.8 Å². The molecule has 0 spiro atoms. The first kappa shape index (κ1) is 15.3. The molecule has 3 heterocycles. The summed E-state index contributed by atoms with van der Waals surface area (Å²) >= 11 is 0. The largest absolute Gasteiger partial charge is 0.351 e. The summed E-state index contributed by atoms with van der Waals surface area (Å²) in [5.74, 6) is -0.186. The van der Waals surface area contributed by atoms with E-state index in [1.165, 1.54) is 18.6 Å². The third kappa shape index (κ3) is 2.96. The van der Waals surface area contributed by atoms with E-state index in [1.807, 2.05) is 30.3 Å². The van der Waals surface area contributed by atoms with Gasteiger partial charge in [0.1, 0.15) is 11.4 Å². The van der Waals surface area contributed by atoms with E-state index in [0.29, 0.717) is 37.6 Å². The number of benzene rings is 1. The minimum absolute atomic E-state index is 0.0391. The summed E-state index contributed by atoms with van der Waals surface area (Å²) in [5.41, 5.74) is 1.86. The van der Waals surface area contributed by atoms with Gasteiger partial charge >= 0.3 is 0 Å². The maximum atomic E-state index is 12.7. The molecule has 0 aliphatic carbocycles. The van der Waals surface area contributed by atoms with Crippen molar-refractivity contribution in [3.63, 3.8) is 0 Å². The predicted molar refractivity (Wildman–Crippen MR) is 92.1 cm³/mol. The fourth-order valence-corrected chi connectivity index (χ4v) is 3.04. The fourth-order valence-electron chi connectivity index (χ4n) is 3.04. The number of carbonyl (C=O) groups is 2. The van der Waals surface area contributed by atoms with E-state index in [4.69, 9.17) is 0 Å². The molecule has 2 amide bonds. The number of aromatic amines is 1. The number of piperazine rings is 1. The molecule has 1 aliphatic heterocycles. The molecule has 3 aromatic rings. The monoisotopic (exact) mass is 335 g/mol. The van der Waals surface area contributed by atoms with Crippen LogP contribution in [0.2, 0.25) is 0 Å². The Hall–Kier alpha value is -3.22. The van der Waals surface area contributed by atoms with Gasteiger partial charge in [-0.1, -0.05) is 18.2 Å². The quantitative estimate of drug-likeness (QED) is 0.770. The maximum absolute atomic E-state index is 12.7. The lowest BCUT2D eigenvalue weighted by Crippen LogP contribution is -2.50. The van der Waals surface area contributed by atoms with Gasteiger partial charge in [0.2, 0.25) is 0 Å². The van der Waals surface area contributed by atoms with Gasteiger partial charge in [-0.3, -0.25) is 14.6 Å². The third-order valence-electron chi connectivity index (χ3n) is 4.40. The number of carbonyl (C=O) groups excluding carboxylic acids is 2. The standard InChI is InChI=1S/C18H17N5O2/c24-17(15-11-13-3-1-2-4-14(13)21-15)22-7-9-23(10-8-22)18(25)16-12-19-5-6-20-16/h1-6,11-12,21H,7-10H2. The van der Waals surface area contributed by atoms with Gasteiger partial charge in [0, 0.05) is 49.5 Å². The number of nitrogens with one attached hydrogen (secondary N) is 1. The lowest BCUT2D eigenvalue weighted by Gasteiger charge is -2.34. The fraction of sp³-hybridized carbons (Fsp3) is 0.222. The topological polar surface area (TPSA) is 82.2 Å². The van der Waals surface area contributed by atoms with Crippen LogP contribution in [-0.2, 0) is 0 Å². The molecule has 0 atom stereocenters. The van der Waals surface area contributed by atoms with Crippen molar-refractivity contribution in [2.45, 2.75) is 0 Å². The molecule has 0 unspecified atom stereocenters. The first-order valence-electron chi connectivity index (χ1n) is 8.15. The number of fused-ring (bicyclic) bond motifs is 1. The molecule has 25 heavy (non-hydrogen) atoms. The number of nitrogens with zero attached hydrogens (tertiary/aromatic N) is 4. The highest BCUT2D eigenvalue weighted by Gasteiger charge is 2.26. The van der Waals surface area contributed by atoms with Gasteiger partial charge in [-0.25, -0.2) is 4.98 Å². The predicted octanol–water partition coefficient (Wildman–Crippen LogP) is 1.56. The van der Waals surface area contributed by atoms with Crippen molar-refractivity contribution in [3.05, 3.63) is 60.3 Å². The van der Waals surface area contributed by atoms with Gasteiger partial charge in [-0.05, 0) is 12.1 Å². The second-order valence-corrected chi connectivity index (χ2v) is 5.95. The van der Waals surface area contributed by atoms with Crippen molar-refractivity contribution in [3.8, 4) is 0 Å². The van der Waals surface area contributed by atoms with Gasteiger partial charge in [0.25, 0.3) is 11.8 Å². The lowest BCUT2D eigenvalue weighted by atomic mass is 10.2. The minimum atomic E-state index is -0.147. The number of rotatable bonds is 2. The Morgan fingerprint density at radius 3 is 2.36 bits per heavy atom. The minimum Gasteiger partial charge on any atom is -0.351 e. The van der Waals surface area contributed by atoms with Crippen molar-refractivity contribution in [2.75, 3.05) is 26.2 Å². The van der Waals surface area contributed by atoms with Crippen LogP contribution in [0.5, 0.6) is 0 Å². The van der Waals surface area contributed by atoms with Crippen molar-refractivity contribution < 1.29 is 9.59 Å². The molecule has 1 aromatic carbocycles. The highest BCUT2D eigenvalue weighted by molar-refractivity contribution is 5.98. The van der Waals surface area contributed by atoms with Gasteiger partial charge in [0.15, 0.2) is 0 Å². The highest BCUT2D eigenvalue weighted by atomic mass is 16.2. The molecule has 1 fully saturated rings. The molecule has 0 saturated carbocycles. The van der Waals surface area contributed by atoms with E-state index in [9.17, 15) is 9.59 Å². The van der Waals surface area contributed by atoms with Crippen LogP contribution in [0.1, 0.15) is 21.0 Å². The van der Waals surface area contributed by atoms with E-state index < -0.39 is 0 Å². The molecule has 7 nitrogen and oxygen atoms in total. The number of hydrogen-bond donors (Lipinski definition) is 1. The van der Waals surface area contributed by atoms with E-state index in [0.717, 1.165) is 10.9 Å². The number of H-pyrrole nitrogens is 1. The van der Waals surface area contributed by atoms with Crippen LogP contribution < -0.4 is 0 Å². The van der Waals surface area contributed by atoms with Crippen LogP contribution in [0.3, 0.4) is 0 Å². The molecular formula is C18H17N5O2. The lowest BCUT2D eigenvalue weighted by molar-refractivity contribution is 0.0529. The molecule has 4 rings (SSSR count). The van der Waals surface area contributed by atoms with Crippen molar-refractivity contribution in [2.24, 2.45) is 0 Å². The smallest absolute Gasteiger partial charge is 0.274 e. The number of hydrogen-bond acceptors (Lipinski definition) is 4.